The highest BCUT2D eigenvalue weighted by molar-refractivity contribution is 8.03. The summed E-state index contributed by atoms with van der Waals surface area (Å²) >= 11 is 7.42. The average molecular weight is 420 g/mol. The van der Waals surface area contributed by atoms with Gasteiger partial charge in [0.25, 0.3) is 11.8 Å². The molecule has 3 aromatic carbocycles. The second kappa shape index (κ2) is 8.68. The van der Waals surface area contributed by atoms with Crippen LogP contribution in [0.25, 0.3) is 5.57 Å². The van der Waals surface area contributed by atoms with Crippen LogP contribution < -0.4 is 0 Å². The maximum Gasteiger partial charge on any atom is 0.268 e. The quantitative estimate of drug-likeness (QED) is 0.491. The lowest BCUT2D eigenvalue weighted by Gasteiger charge is -2.15. The van der Waals surface area contributed by atoms with Crippen molar-refractivity contribution < 1.29 is 9.59 Å². The van der Waals surface area contributed by atoms with Crippen LogP contribution in [0.4, 0.5) is 0 Å². The van der Waals surface area contributed by atoms with E-state index in [1.54, 1.807) is 24.3 Å². The Kier molecular flexibility index (Phi) is 5.84. The molecule has 5 heteroatoms. The van der Waals surface area contributed by atoms with Crippen molar-refractivity contribution in [1.82, 2.24) is 4.90 Å². The van der Waals surface area contributed by atoms with E-state index in [1.165, 1.54) is 16.7 Å². The number of hydrogen-bond donors (Lipinski definition) is 0. The van der Waals surface area contributed by atoms with Crippen LogP contribution >= 0.6 is 23.4 Å². The zero-order chi connectivity index (χ0) is 20.2. The lowest BCUT2D eigenvalue weighted by atomic mass is 10.1. The Bertz CT molecular complexity index is 1060. The van der Waals surface area contributed by atoms with Crippen LogP contribution in [0.2, 0.25) is 5.02 Å². The first-order valence-corrected chi connectivity index (χ1v) is 10.6. The number of benzene rings is 3. The summed E-state index contributed by atoms with van der Waals surface area (Å²) in [5.74, 6) is 0.104. The smallest absolute Gasteiger partial charge is 0.268 e. The molecule has 0 saturated heterocycles. The molecule has 0 bridgehead atoms. The number of imide groups is 1. The van der Waals surface area contributed by atoms with Crippen LogP contribution in [0.5, 0.6) is 0 Å². The van der Waals surface area contributed by atoms with Crippen molar-refractivity contribution in [3.63, 3.8) is 0 Å². The Hall–Kier alpha value is -2.82. The number of nitrogens with zero attached hydrogens (tertiary/aromatic N) is 1. The van der Waals surface area contributed by atoms with E-state index in [1.807, 2.05) is 60.7 Å². The minimum Gasteiger partial charge on any atom is -0.269 e. The van der Waals surface area contributed by atoms with Gasteiger partial charge in [-0.05, 0) is 28.8 Å². The fourth-order valence-electron chi connectivity index (χ4n) is 3.20. The van der Waals surface area contributed by atoms with Gasteiger partial charge in [-0.1, -0.05) is 84.4 Å². The molecule has 144 valence electrons. The Morgan fingerprint density at radius 2 is 1.31 bits per heavy atom. The van der Waals surface area contributed by atoms with E-state index in [0.717, 1.165) is 11.1 Å². The summed E-state index contributed by atoms with van der Waals surface area (Å²) < 4.78 is 0. The van der Waals surface area contributed by atoms with Crippen LogP contribution in [-0.4, -0.2) is 16.7 Å². The molecule has 0 aliphatic carbocycles. The van der Waals surface area contributed by atoms with Gasteiger partial charge in [0.05, 0.1) is 17.0 Å². The monoisotopic (exact) mass is 419 g/mol. The van der Waals surface area contributed by atoms with E-state index in [9.17, 15) is 9.59 Å². The Morgan fingerprint density at radius 1 is 0.724 bits per heavy atom. The number of thioether (sulfide) groups is 1. The highest BCUT2D eigenvalue weighted by Gasteiger charge is 2.39. The number of halogens is 1. The van der Waals surface area contributed by atoms with Crippen molar-refractivity contribution in [2.75, 3.05) is 0 Å². The first-order valence-electron chi connectivity index (χ1n) is 9.20. The standard InChI is InChI=1S/C24H18ClNO2S/c25-20-13-11-19(12-14-20)21-22(29-16-18-9-5-2-6-10-18)24(28)26(23(21)27)15-17-7-3-1-4-8-17/h1-14H,15-16H2. The second-order valence-corrected chi connectivity index (χ2v) is 8.09. The third-order valence-corrected chi connectivity index (χ3v) is 6.06. The largest absolute Gasteiger partial charge is 0.269 e. The van der Waals surface area contributed by atoms with Gasteiger partial charge in [0.2, 0.25) is 0 Å². The predicted molar refractivity (Wildman–Crippen MR) is 118 cm³/mol. The van der Waals surface area contributed by atoms with Gasteiger partial charge in [0.1, 0.15) is 0 Å². The molecule has 0 atom stereocenters. The molecule has 0 aromatic heterocycles. The molecule has 0 N–H and O–H groups in total. The highest BCUT2D eigenvalue weighted by atomic mass is 35.5. The van der Waals surface area contributed by atoms with Crippen LogP contribution in [-0.2, 0) is 21.9 Å². The Morgan fingerprint density at radius 3 is 1.93 bits per heavy atom. The molecule has 2 amide bonds. The average Bonchev–Trinajstić information content (AvgIpc) is 2.98. The minimum absolute atomic E-state index is 0.246. The zero-order valence-corrected chi connectivity index (χ0v) is 17.1. The maximum atomic E-state index is 13.2. The summed E-state index contributed by atoms with van der Waals surface area (Å²) in [5, 5.41) is 0.589. The van der Waals surface area contributed by atoms with Crippen molar-refractivity contribution in [3.05, 3.63) is 112 Å². The molecular formula is C24H18ClNO2S. The Balaban J connectivity index is 1.67. The normalized spacial score (nSPS) is 14.0. The van der Waals surface area contributed by atoms with Crippen LogP contribution in [0.1, 0.15) is 16.7 Å². The molecule has 0 unspecified atom stereocenters. The first-order chi connectivity index (χ1) is 14.1. The highest BCUT2D eigenvalue weighted by Crippen LogP contribution is 2.38. The summed E-state index contributed by atoms with van der Waals surface area (Å²) in [6.07, 6.45) is 0. The second-order valence-electron chi connectivity index (χ2n) is 6.67. The fraction of sp³-hybridized carbons (Fsp3) is 0.0833. The van der Waals surface area contributed by atoms with Gasteiger partial charge in [-0.2, -0.15) is 0 Å². The van der Waals surface area contributed by atoms with Gasteiger partial charge in [-0.3, -0.25) is 14.5 Å². The molecule has 3 aromatic rings. The SMILES string of the molecule is O=C1C(SCc2ccccc2)=C(c2ccc(Cl)cc2)C(=O)N1Cc1ccccc1. The van der Waals surface area contributed by atoms with E-state index in [0.29, 0.717) is 26.8 Å². The molecule has 3 nitrogen and oxygen atoms in total. The molecule has 0 saturated carbocycles. The van der Waals surface area contributed by atoms with Crippen LogP contribution in [0.3, 0.4) is 0 Å². The van der Waals surface area contributed by atoms with Crippen LogP contribution in [0.15, 0.2) is 89.8 Å². The van der Waals surface area contributed by atoms with E-state index in [4.69, 9.17) is 11.6 Å². The predicted octanol–water partition coefficient (Wildman–Crippen LogP) is 5.55. The van der Waals surface area contributed by atoms with Gasteiger partial charge in [0.15, 0.2) is 0 Å². The van der Waals surface area contributed by atoms with Crippen molar-refractivity contribution in [3.8, 4) is 0 Å². The molecular weight excluding hydrogens is 402 g/mol. The van der Waals surface area contributed by atoms with Gasteiger partial charge in [-0.25, -0.2) is 0 Å². The number of carbonyl (C=O) groups is 2. The van der Waals surface area contributed by atoms with Gasteiger partial charge < -0.3 is 0 Å². The number of carbonyl (C=O) groups excluding carboxylic acids is 2. The molecule has 0 radical (unpaired) electrons. The minimum atomic E-state index is -0.267. The molecule has 1 aliphatic heterocycles. The topological polar surface area (TPSA) is 37.4 Å². The van der Waals surface area contributed by atoms with E-state index in [-0.39, 0.29) is 18.4 Å². The van der Waals surface area contributed by atoms with Crippen molar-refractivity contribution in [1.29, 1.82) is 0 Å². The third-order valence-electron chi connectivity index (χ3n) is 4.67. The number of hydrogen-bond acceptors (Lipinski definition) is 3. The lowest BCUT2D eigenvalue weighted by Crippen LogP contribution is -2.30. The summed E-state index contributed by atoms with van der Waals surface area (Å²) in [4.78, 5) is 28.2. The number of amides is 2. The molecule has 0 spiro atoms. The molecule has 29 heavy (non-hydrogen) atoms. The summed E-state index contributed by atoms with van der Waals surface area (Å²) in [7, 11) is 0. The van der Waals surface area contributed by atoms with Crippen molar-refractivity contribution >= 4 is 40.8 Å². The van der Waals surface area contributed by atoms with Gasteiger partial charge >= 0.3 is 0 Å². The molecule has 1 heterocycles. The third kappa shape index (κ3) is 4.29. The van der Waals surface area contributed by atoms with Crippen LogP contribution in [0, 0.1) is 0 Å². The fourth-order valence-corrected chi connectivity index (χ4v) is 4.41. The summed E-state index contributed by atoms with van der Waals surface area (Å²) in [5.41, 5.74) is 3.17. The van der Waals surface area contributed by atoms with Crippen molar-refractivity contribution in [2.24, 2.45) is 0 Å². The zero-order valence-electron chi connectivity index (χ0n) is 15.5. The summed E-state index contributed by atoms with van der Waals surface area (Å²) in [6, 6.07) is 26.5. The summed E-state index contributed by atoms with van der Waals surface area (Å²) in [6.45, 7) is 0.255. The maximum absolute atomic E-state index is 13.2. The van der Waals surface area contributed by atoms with E-state index in [2.05, 4.69) is 0 Å². The Labute approximate surface area is 179 Å². The number of rotatable bonds is 6. The van der Waals surface area contributed by atoms with E-state index < -0.39 is 0 Å². The van der Waals surface area contributed by atoms with Gasteiger partial charge in [0, 0.05) is 10.8 Å². The van der Waals surface area contributed by atoms with Crippen molar-refractivity contribution in [2.45, 2.75) is 12.3 Å². The lowest BCUT2D eigenvalue weighted by molar-refractivity contribution is -0.137. The van der Waals surface area contributed by atoms with Gasteiger partial charge in [-0.15, -0.1) is 11.8 Å². The molecule has 0 fully saturated rings. The molecule has 1 aliphatic rings. The molecule has 4 rings (SSSR count). The first kappa shape index (κ1) is 19.5. The van der Waals surface area contributed by atoms with E-state index >= 15 is 0 Å².